The molecule has 0 saturated carbocycles. The van der Waals surface area contributed by atoms with Crippen LogP contribution in [-0.4, -0.2) is 51.2 Å². The van der Waals surface area contributed by atoms with E-state index in [-0.39, 0.29) is 5.91 Å². The Morgan fingerprint density at radius 1 is 0.697 bits per heavy atom. The predicted molar refractivity (Wildman–Crippen MR) is 144 cm³/mol. The van der Waals surface area contributed by atoms with Gasteiger partial charge in [0.05, 0.1) is 0 Å². The van der Waals surface area contributed by atoms with Gasteiger partial charge in [0.2, 0.25) is 5.91 Å². The van der Waals surface area contributed by atoms with Crippen LogP contribution in [0.5, 0.6) is 0 Å². The highest BCUT2D eigenvalue weighted by Gasteiger charge is 2.13. The monoisotopic (exact) mass is 464 g/mol. The van der Waals surface area contributed by atoms with Crippen LogP contribution in [0.2, 0.25) is 0 Å². The fourth-order valence-electron chi connectivity index (χ4n) is 4.40. The lowest BCUT2D eigenvalue weighted by molar-refractivity contribution is -0.121. The third-order valence-corrected chi connectivity index (χ3v) is 6.50. The Kier molecular flexibility index (Phi) is 22.1. The van der Waals surface area contributed by atoms with Gasteiger partial charge >= 0.3 is 0 Å². The average molecular weight is 465 g/mol. The van der Waals surface area contributed by atoms with E-state index in [1.807, 2.05) is 0 Å². The van der Waals surface area contributed by atoms with E-state index in [0.717, 1.165) is 58.5 Å². The highest BCUT2D eigenvalue weighted by Crippen LogP contribution is 2.13. The Bertz CT molecular complexity index is 455. The molecule has 0 aromatic rings. The first-order chi connectivity index (χ1) is 16.3. The van der Waals surface area contributed by atoms with Gasteiger partial charge in [0.1, 0.15) is 0 Å². The summed E-state index contributed by atoms with van der Waals surface area (Å²) in [6.07, 6.45) is 25.5. The lowest BCUT2D eigenvalue weighted by atomic mass is 10.0. The molecule has 1 rings (SSSR count). The fourth-order valence-corrected chi connectivity index (χ4v) is 4.40. The number of carbonyl (C=O) groups excluding carboxylic acids is 1. The molecule has 1 saturated heterocycles. The minimum atomic E-state index is 0.208. The van der Waals surface area contributed by atoms with E-state index in [1.165, 1.54) is 83.5 Å². The van der Waals surface area contributed by atoms with Crippen molar-refractivity contribution in [2.45, 2.75) is 122 Å². The molecule has 1 unspecified atom stereocenters. The second-order valence-corrected chi connectivity index (χ2v) is 9.79. The van der Waals surface area contributed by atoms with Gasteiger partial charge in [0.15, 0.2) is 0 Å². The third kappa shape index (κ3) is 21.4. The molecule has 194 valence electrons. The zero-order valence-electron chi connectivity index (χ0n) is 21.9. The Morgan fingerprint density at radius 3 is 1.97 bits per heavy atom. The highest BCUT2D eigenvalue weighted by atomic mass is 16.1. The summed E-state index contributed by atoms with van der Waals surface area (Å²) in [6.45, 7) is 8.27. The minimum absolute atomic E-state index is 0.208. The van der Waals surface area contributed by atoms with Gasteiger partial charge in [-0.25, -0.2) is 0 Å². The van der Waals surface area contributed by atoms with Gasteiger partial charge in [-0.2, -0.15) is 0 Å². The van der Waals surface area contributed by atoms with Gasteiger partial charge in [-0.1, -0.05) is 70.4 Å². The fraction of sp³-hybridized carbons (Fsp3) is 0.893. The van der Waals surface area contributed by atoms with Crippen LogP contribution in [0.3, 0.4) is 0 Å². The smallest absolute Gasteiger partial charge is 0.221 e. The van der Waals surface area contributed by atoms with E-state index in [0.29, 0.717) is 12.5 Å². The molecule has 0 aromatic carbocycles. The number of nitrogens with one attached hydrogen (secondary N) is 4. The molecule has 1 aliphatic rings. The SMILES string of the molecule is CCCC=CCCCCCCCCCCC1CC(=O)NCCCNCCCCNCCCN1. The van der Waals surface area contributed by atoms with Gasteiger partial charge in [-0.05, 0) is 84.1 Å². The van der Waals surface area contributed by atoms with Gasteiger partial charge in [0, 0.05) is 19.0 Å². The van der Waals surface area contributed by atoms with E-state index in [9.17, 15) is 4.79 Å². The molecule has 0 spiro atoms. The van der Waals surface area contributed by atoms with E-state index >= 15 is 0 Å². The second kappa shape index (κ2) is 24.2. The number of hydrogen-bond acceptors (Lipinski definition) is 4. The Morgan fingerprint density at radius 2 is 1.27 bits per heavy atom. The Balaban J connectivity index is 2.12. The van der Waals surface area contributed by atoms with Crippen molar-refractivity contribution < 1.29 is 4.79 Å². The first kappa shape index (κ1) is 30.1. The zero-order chi connectivity index (χ0) is 23.7. The molecule has 1 amide bonds. The standard InChI is InChI=1S/C28H56N4O/c1-2-3-4-5-6-7-8-9-10-11-12-13-14-19-27-26-28(33)32-25-18-23-30-21-16-15-20-29-22-17-24-31-27/h4-5,27,29-31H,2-3,6-26H2,1H3,(H,32,33). The van der Waals surface area contributed by atoms with Crippen molar-refractivity contribution in [1.82, 2.24) is 21.3 Å². The van der Waals surface area contributed by atoms with E-state index in [4.69, 9.17) is 0 Å². The summed E-state index contributed by atoms with van der Waals surface area (Å²) in [5.41, 5.74) is 0. The molecule has 33 heavy (non-hydrogen) atoms. The quantitative estimate of drug-likeness (QED) is 0.216. The molecule has 0 aliphatic carbocycles. The third-order valence-electron chi connectivity index (χ3n) is 6.50. The molecule has 5 heteroatoms. The number of amides is 1. The molecule has 1 atom stereocenters. The molecule has 4 N–H and O–H groups in total. The molecule has 5 nitrogen and oxygen atoms in total. The van der Waals surface area contributed by atoms with E-state index < -0.39 is 0 Å². The summed E-state index contributed by atoms with van der Waals surface area (Å²) >= 11 is 0. The van der Waals surface area contributed by atoms with Crippen molar-refractivity contribution in [2.24, 2.45) is 0 Å². The predicted octanol–water partition coefficient (Wildman–Crippen LogP) is 5.46. The lowest BCUT2D eigenvalue weighted by Crippen LogP contribution is -2.37. The van der Waals surface area contributed by atoms with Crippen LogP contribution in [0.4, 0.5) is 0 Å². The molecular formula is C28H56N4O. The van der Waals surface area contributed by atoms with Crippen LogP contribution >= 0.6 is 0 Å². The number of unbranched alkanes of at least 4 members (excludes halogenated alkanes) is 9. The van der Waals surface area contributed by atoms with Crippen molar-refractivity contribution in [1.29, 1.82) is 0 Å². The van der Waals surface area contributed by atoms with Crippen LogP contribution in [0.25, 0.3) is 0 Å². The van der Waals surface area contributed by atoms with Gasteiger partial charge in [-0.15, -0.1) is 0 Å². The number of rotatable bonds is 13. The molecule has 1 fully saturated rings. The van der Waals surface area contributed by atoms with Crippen molar-refractivity contribution in [3.8, 4) is 0 Å². The summed E-state index contributed by atoms with van der Waals surface area (Å²) < 4.78 is 0. The van der Waals surface area contributed by atoms with E-state index in [2.05, 4.69) is 40.3 Å². The van der Waals surface area contributed by atoms with Crippen LogP contribution in [0.1, 0.15) is 116 Å². The number of hydrogen-bond donors (Lipinski definition) is 4. The molecule has 0 aromatic heterocycles. The summed E-state index contributed by atoms with van der Waals surface area (Å²) in [7, 11) is 0. The number of carbonyl (C=O) groups is 1. The lowest BCUT2D eigenvalue weighted by Gasteiger charge is -2.19. The number of allylic oxidation sites excluding steroid dienone is 2. The maximum Gasteiger partial charge on any atom is 0.221 e. The molecule has 0 radical (unpaired) electrons. The maximum atomic E-state index is 12.4. The summed E-state index contributed by atoms with van der Waals surface area (Å²) in [6, 6.07) is 0.319. The van der Waals surface area contributed by atoms with E-state index in [1.54, 1.807) is 0 Å². The first-order valence-corrected chi connectivity index (χ1v) is 14.4. The van der Waals surface area contributed by atoms with Crippen molar-refractivity contribution in [3.63, 3.8) is 0 Å². The van der Waals surface area contributed by atoms with Gasteiger partial charge in [0.25, 0.3) is 0 Å². The summed E-state index contributed by atoms with van der Waals surface area (Å²) in [5, 5.41) is 13.8. The Hall–Kier alpha value is -0.910. The minimum Gasteiger partial charge on any atom is -0.356 e. The zero-order valence-corrected chi connectivity index (χ0v) is 21.9. The van der Waals surface area contributed by atoms with Gasteiger partial charge < -0.3 is 21.3 Å². The van der Waals surface area contributed by atoms with Crippen molar-refractivity contribution in [3.05, 3.63) is 12.2 Å². The van der Waals surface area contributed by atoms with Gasteiger partial charge in [-0.3, -0.25) is 4.79 Å². The summed E-state index contributed by atoms with van der Waals surface area (Å²) in [5.74, 6) is 0.208. The summed E-state index contributed by atoms with van der Waals surface area (Å²) in [4.78, 5) is 12.4. The second-order valence-electron chi connectivity index (χ2n) is 9.79. The topological polar surface area (TPSA) is 65.2 Å². The van der Waals surface area contributed by atoms with Crippen LogP contribution in [-0.2, 0) is 4.79 Å². The van der Waals surface area contributed by atoms with Crippen LogP contribution < -0.4 is 21.3 Å². The van der Waals surface area contributed by atoms with Crippen molar-refractivity contribution >= 4 is 5.91 Å². The molecule has 1 aliphatic heterocycles. The molecular weight excluding hydrogens is 408 g/mol. The van der Waals surface area contributed by atoms with Crippen molar-refractivity contribution in [2.75, 3.05) is 39.3 Å². The Labute approximate surface area is 205 Å². The first-order valence-electron chi connectivity index (χ1n) is 14.4. The molecule has 0 bridgehead atoms. The largest absolute Gasteiger partial charge is 0.356 e. The maximum absolute atomic E-state index is 12.4. The normalized spacial score (nSPS) is 20.5. The average Bonchev–Trinajstić information content (AvgIpc) is 2.81. The highest BCUT2D eigenvalue weighted by molar-refractivity contribution is 5.76. The molecule has 1 heterocycles. The van der Waals surface area contributed by atoms with Crippen LogP contribution in [0.15, 0.2) is 12.2 Å². The van der Waals surface area contributed by atoms with Crippen LogP contribution in [0, 0.1) is 0 Å².